The van der Waals surface area contributed by atoms with Crippen LogP contribution in [-0.4, -0.2) is 27.9 Å². The molecule has 0 saturated carbocycles. The molecule has 0 atom stereocenters. The number of benzene rings is 2. The Morgan fingerprint density at radius 2 is 1.86 bits per heavy atom. The molecule has 1 heterocycles. The molecule has 2 N–H and O–H groups in total. The van der Waals surface area contributed by atoms with E-state index in [0.717, 1.165) is 16.8 Å². The Kier molecular flexibility index (Phi) is 5.99. The fourth-order valence-corrected chi connectivity index (χ4v) is 3.33. The number of nitrogens with zero attached hydrogens (tertiary/aromatic N) is 2. The highest BCUT2D eigenvalue weighted by Gasteiger charge is 2.14. The standard InChI is InChI=1S/C21H23ClN4O2/c1-13(2)26-18-9-6-15(12-17(18)25-21(26)22)20(28)23-11-10-19(27)24-16-7-4-14(3)5-8-16/h4-9,12-13H,10-11H2,1-3H3,(H,23,28)(H,24,27). The lowest BCUT2D eigenvalue weighted by molar-refractivity contribution is -0.116. The third-order valence-electron chi connectivity index (χ3n) is 4.40. The summed E-state index contributed by atoms with van der Waals surface area (Å²) in [6.07, 6.45) is 0.190. The molecule has 2 amide bonds. The van der Waals surface area contributed by atoms with Crippen molar-refractivity contribution < 1.29 is 9.59 Å². The summed E-state index contributed by atoms with van der Waals surface area (Å²) in [6, 6.07) is 13.0. The second kappa shape index (κ2) is 8.44. The highest BCUT2D eigenvalue weighted by molar-refractivity contribution is 6.29. The number of carbonyl (C=O) groups is 2. The molecule has 0 saturated heterocycles. The number of aryl methyl sites for hydroxylation is 1. The Morgan fingerprint density at radius 3 is 2.54 bits per heavy atom. The first-order valence-corrected chi connectivity index (χ1v) is 9.55. The van der Waals surface area contributed by atoms with Gasteiger partial charge in [-0.15, -0.1) is 0 Å². The van der Waals surface area contributed by atoms with Crippen LogP contribution in [0.4, 0.5) is 5.69 Å². The summed E-state index contributed by atoms with van der Waals surface area (Å²) in [7, 11) is 0. The van der Waals surface area contributed by atoms with Gasteiger partial charge < -0.3 is 15.2 Å². The summed E-state index contributed by atoms with van der Waals surface area (Å²) in [5.74, 6) is -0.401. The average molecular weight is 399 g/mol. The van der Waals surface area contributed by atoms with E-state index in [1.807, 2.05) is 55.7 Å². The smallest absolute Gasteiger partial charge is 0.251 e. The van der Waals surface area contributed by atoms with Crippen molar-refractivity contribution in [3.8, 4) is 0 Å². The van der Waals surface area contributed by atoms with E-state index in [-0.39, 0.29) is 30.8 Å². The van der Waals surface area contributed by atoms with Gasteiger partial charge in [0.15, 0.2) is 0 Å². The molecule has 3 aromatic rings. The summed E-state index contributed by atoms with van der Waals surface area (Å²) < 4.78 is 1.91. The van der Waals surface area contributed by atoms with E-state index in [1.54, 1.807) is 12.1 Å². The Balaban J connectivity index is 1.57. The Morgan fingerprint density at radius 1 is 1.14 bits per heavy atom. The molecule has 2 aromatic carbocycles. The minimum atomic E-state index is -0.250. The first-order valence-electron chi connectivity index (χ1n) is 9.17. The number of carbonyl (C=O) groups excluding carboxylic acids is 2. The van der Waals surface area contributed by atoms with Crippen LogP contribution in [0.2, 0.25) is 5.28 Å². The Labute approximate surface area is 168 Å². The molecule has 3 rings (SSSR count). The van der Waals surface area contributed by atoms with E-state index in [1.165, 1.54) is 0 Å². The molecule has 0 aliphatic carbocycles. The zero-order valence-corrected chi connectivity index (χ0v) is 16.9. The van der Waals surface area contributed by atoms with Crippen LogP contribution >= 0.6 is 11.6 Å². The minimum absolute atomic E-state index is 0.151. The van der Waals surface area contributed by atoms with Gasteiger partial charge in [-0.1, -0.05) is 17.7 Å². The van der Waals surface area contributed by atoms with Gasteiger partial charge in [0.25, 0.3) is 5.91 Å². The van der Waals surface area contributed by atoms with Crippen LogP contribution in [0.3, 0.4) is 0 Å². The van der Waals surface area contributed by atoms with Gasteiger partial charge in [0.2, 0.25) is 11.2 Å². The number of amides is 2. The molecular formula is C21H23ClN4O2. The number of hydrogen-bond donors (Lipinski definition) is 2. The first kappa shape index (κ1) is 19.9. The van der Waals surface area contributed by atoms with Gasteiger partial charge >= 0.3 is 0 Å². The summed E-state index contributed by atoms with van der Waals surface area (Å²) in [5.41, 5.74) is 3.90. The number of nitrogens with one attached hydrogen (secondary N) is 2. The van der Waals surface area contributed by atoms with Crippen molar-refractivity contribution in [1.29, 1.82) is 0 Å². The number of fused-ring (bicyclic) bond motifs is 1. The van der Waals surface area contributed by atoms with Crippen molar-refractivity contribution in [2.75, 3.05) is 11.9 Å². The number of halogens is 1. The van der Waals surface area contributed by atoms with E-state index >= 15 is 0 Å². The van der Waals surface area contributed by atoms with Gasteiger partial charge in [0.1, 0.15) is 0 Å². The lowest BCUT2D eigenvalue weighted by Crippen LogP contribution is -2.27. The predicted octanol–water partition coefficient (Wildman–Crippen LogP) is 4.34. The van der Waals surface area contributed by atoms with Crippen LogP contribution in [0, 0.1) is 6.92 Å². The molecule has 0 aliphatic rings. The summed E-state index contributed by atoms with van der Waals surface area (Å²) >= 11 is 6.19. The zero-order chi connectivity index (χ0) is 20.3. The van der Waals surface area contributed by atoms with Crippen molar-refractivity contribution in [2.45, 2.75) is 33.2 Å². The molecule has 0 unspecified atom stereocenters. The molecule has 0 aliphatic heterocycles. The molecule has 0 spiro atoms. The molecule has 1 aromatic heterocycles. The Hall–Kier alpha value is -2.86. The maximum absolute atomic E-state index is 12.4. The van der Waals surface area contributed by atoms with E-state index < -0.39 is 0 Å². The van der Waals surface area contributed by atoms with Crippen molar-refractivity contribution in [1.82, 2.24) is 14.9 Å². The molecular weight excluding hydrogens is 376 g/mol. The van der Waals surface area contributed by atoms with Crippen LogP contribution in [0.1, 0.15) is 42.2 Å². The van der Waals surface area contributed by atoms with Crippen LogP contribution in [0.5, 0.6) is 0 Å². The number of anilines is 1. The highest BCUT2D eigenvalue weighted by Crippen LogP contribution is 2.25. The molecule has 0 bridgehead atoms. The zero-order valence-electron chi connectivity index (χ0n) is 16.1. The van der Waals surface area contributed by atoms with Gasteiger partial charge in [-0.25, -0.2) is 4.98 Å². The quantitative estimate of drug-likeness (QED) is 0.648. The summed E-state index contributed by atoms with van der Waals surface area (Å²) in [6.45, 7) is 6.28. The molecule has 146 valence electrons. The third-order valence-corrected chi connectivity index (χ3v) is 4.66. The van der Waals surface area contributed by atoms with Gasteiger partial charge in [0, 0.05) is 30.3 Å². The van der Waals surface area contributed by atoms with Crippen molar-refractivity contribution in [2.24, 2.45) is 0 Å². The van der Waals surface area contributed by atoms with Crippen molar-refractivity contribution in [3.63, 3.8) is 0 Å². The average Bonchev–Trinajstić information content (AvgIpc) is 2.98. The van der Waals surface area contributed by atoms with E-state index in [0.29, 0.717) is 16.4 Å². The summed E-state index contributed by atoms with van der Waals surface area (Å²) in [5, 5.41) is 5.97. The second-order valence-electron chi connectivity index (χ2n) is 6.97. The van der Waals surface area contributed by atoms with Crippen LogP contribution < -0.4 is 10.6 Å². The maximum Gasteiger partial charge on any atom is 0.251 e. The SMILES string of the molecule is Cc1ccc(NC(=O)CCNC(=O)c2ccc3c(c2)nc(Cl)n3C(C)C)cc1. The van der Waals surface area contributed by atoms with Crippen LogP contribution in [-0.2, 0) is 4.79 Å². The topological polar surface area (TPSA) is 76.0 Å². The molecule has 7 heteroatoms. The Bertz CT molecular complexity index is 1010. The fraction of sp³-hybridized carbons (Fsp3) is 0.286. The van der Waals surface area contributed by atoms with Crippen LogP contribution in [0.15, 0.2) is 42.5 Å². The monoisotopic (exact) mass is 398 g/mol. The predicted molar refractivity (Wildman–Crippen MR) is 112 cm³/mol. The van der Waals surface area contributed by atoms with Crippen LogP contribution in [0.25, 0.3) is 11.0 Å². The molecule has 6 nitrogen and oxygen atoms in total. The van der Waals surface area contributed by atoms with Gasteiger partial charge in [-0.05, 0) is 62.7 Å². The van der Waals surface area contributed by atoms with E-state index in [4.69, 9.17) is 11.6 Å². The van der Waals surface area contributed by atoms with Gasteiger partial charge in [0.05, 0.1) is 11.0 Å². The third kappa shape index (κ3) is 4.51. The van der Waals surface area contributed by atoms with Crippen molar-refractivity contribution in [3.05, 3.63) is 58.9 Å². The molecule has 0 radical (unpaired) electrons. The van der Waals surface area contributed by atoms with Gasteiger partial charge in [-0.3, -0.25) is 9.59 Å². The summed E-state index contributed by atoms with van der Waals surface area (Å²) in [4.78, 5) is 28.7. The number of imidazole rings is 1. The van der Waals surface area contributed by atoms with E-state index in [9.17, 15) is 9.59 Å². The number of aromatic nitrogens is 2. The lowest BCUT2D eigenvalue weighted by atomic mass is 10.2. The molecule has 0 fully saturated rings. The first-order chi connectivity index (χ1) is 13.3. The number of hydrogen-bond acceptors (Lipinski definition) is 3. The largest absolute Gasteiger partial charge is 0.352 e. The van der Waals surface area contributed by atoms with Gasteiger partial charge in [-0.2, -0.15) is 0 Å². The lowest BCUT2D eigenvalue weighted by Gasteiger charge is -2.10. The maximum atomic E-state index is 12.4. The normalized spacial score (nSPS) is 11.0. The fourth-order valence-electron chi connectivity index (χ4n) is 2.95. The van der Waals surface area contributed by atoms with E-state index in [2.05, 4.69) is 15.6 Å². The van der Waals surface area contributed by atoms with Crippen molar-refractivity contribution >= 4 is 40.1 Å². The highest BCUT2D eigenvalue weighted by atomic mass is 35.5. The second-order valence-corrected chi connectivity index (χ2v) is 7.31. The molecule has 28 heavy (non-hydrogen) atoms. The minimum Gasteiger partial charge on any atom is -0.352 e. The number of rotatable bonds is 6.